The molecule has 0 saturated carbocycles. The lowest BCUT2D eigenvalue weighted by molar-refractivity contribution is 0.203. The monoisotopic (exact) mass is 257 g/mol. The SMILES string of the molecule is CNC(=O)Oc1cccc(/N=C\N(C)C)c1.Cl. The number of hydrogen-bond acceptors (Lipinski definition) is 3. The summed E-state index contributed by atoms with van der Waals surface area (Å²) in [6.07, 6.45) is 1.19. The molecule has 1 rings (SSSR count). The van der Waals surface area contributed by atoms with Crippen LogP contribution in [0.1, 0.15) is 0 Å². The van der Waals surface area contributed by atoms with Gasteiger partial charge in [-0.05, 0) is 12.1 Å². The van der Waals surface area contributed by atoms with E-state index in [1.54, 1.807) is 24.5 Å². The second kappa shape index (κ2) is 7.51. The van der Waals surface area contributed by atoms with Gasteiger partial charge in [0.25, 0.3) is 0 Å². The Hall–Kier alpha value is -1.75. The molecule has 0 radical (unpaired) electrons. The second-order valence-electron chi connectivity index (χ2n) is 3.35. The van der Waals surface area contributed by atoms with E-state index >= 15 is 0 Å². The van der Waals surface area contributed by atoms with E-state index in [0.717, 1.165) is 5.69 Å². The van der Waals surface area contributed by atoms with E-state index in [1.165, 1.54) is 7.05 Å². The number of amides is 1. The summed E-state index contributed by atoms with van der Waals surface area (Å²) in [5.41, 5.74) is 0.732. The number of nitrogens with zero attached hydrogens (tertiary/aromatic N) is 2. The van der Waals surface area contributed by atoms with Crippen LogP contribution in [0.4, 0.5) is 10.5 Å². The van der Waals surface area contributed by atoms with Crippen molar-refractivity contribution in [3.63, 3.8) is 0 Å². The Labute approximate surface area is 107 Å². The van der Waals surface area contributed by atoms with Gasteiger partial charge in [-0.25, -0.2) is 9.79 Å². The minimum Gasteiger partial charge on any atom is -0.410 e. The van der Waals surface area contributed by atoms with Crippen molar-refractivity contribution in [3.05, 3.63) is 24.3 Å². The van der Waals surface area contributed by atoms with Crippen molar-refractivity contribution in [3.8, 4) is 5.75 Å². The molecular formula is C11H16ClN3O2. The first-order valence-corrected chi connectivity index (χ1v) is 4.82. The molecule has 0 unspecified atom stereocenters. The van der Waals surface area contributed by atoms with Crippen LogP contribution in [0.2, 0.25) is 0 Å². The molecular weight excluding hydrogens is 242 g/mol. The fourth-order valence-electron chi connectivity index (χ4n) is 0.968. The zero-order valence-electron chi connectivity index (χ0n) is 10.0. The number of ether oxygens (including phenoxy) is 1. The Morgan fingerprint density at radius 2 is 2.18 bits per heavy atom. The lowest BCUT2D eigenvalue weighted by Crippen LogP contribution is -2.21. The van der Waals surface area contributed by atoms with Crippen LogP contribution in [0.5, 0.6) is 5.75 Å². The van der Waals surface area contributed by atoms with E-state index in [-0.39, 0.29) is 12.4 Å². The largest absolute Gasteiger partial charge is 0.412 e. The molecule has 1 amide bonds. The summed E-state index contributed by atoms with van der Waals surface area (Å²) in [6.45, 7) is 0. The normalized spacial score (nSPS) is 9.59. The Kier molecular flexibility index (Phi) is 6.74. The molecule has 1 N–H and O–H groups in total. The van der Waals surface area contributed by atoms with Gasteiger partial charge in [0.2, 0.25) is 0 Å². The summed E-state index contributed by atoms with van der Waals surface area (Å²) >= 11 is 0. The van der Waals surface area contributed by atoms with Gasteiger partial charge < -0.3 is 15.0 Å². The molecule has 1 aromatic carbocycles. The predicted octanol–water partition coefficient (Wildman–Crippen LogP) is 2.05. The van der Waals surface area contributed by atoms with E-state index in [4.69, 9.17) is 4.74 Å². The standard InChI is InChI=1S/C11H15N3O2.ClH/c1-12-11(15)16-10-6-4-5-9(7-10)13-8-14(2)3;/h4-8H,1-3H3,(H,12,15);1H/b13-8-;. The number of benzene rings is 1. The van der Waals surface area contributed by atoms with Gasteiger partial charge in [-0.15, -0.1) is 12.4 Å². The molecule has 0 aliphatic carbocycles. The third-order valence-electron chi connectivity index (χ3n) is 1.67. The third kappa shape index (κ3) is 5.77. The predicted molar refractivity (Wildman–Crippen MR) is 70.6 cm³/mol. The quantitative estimate of drug-likeness (QED) is 0.666. The third-order valence-corrected chi connectivity index (χ3v) is 1.67. The molecule has 0 aromatic heterocycles. The topological polar surface area (TPSA) is 53.9 Å². The van der Waals surface area contributed by atoms with E-state index in [2.05, 4.69) is 10.3 Å². The molecule has 0 fully saturated rings. The zero-order chi connectivity index (χ0) is 12.0. The van der Waals surface area contributed by atoms with Crippen LogP contribution in [0, 0.1) is 0 Å². The fourth-order valence-corrected chi connectivity index (χ4v) is 0.968. The Bertz CT molecular complexity index is 394. The summed E-state index contributed by atoms with van der Waals surface area (Å²) in [4.78, 5) is 17.0. The number of rotatable bonds is 3. The van der Waals surface area contributed by atoms with Gasteiger partial charge in [-0.3, -0.25) is 0 Å². The highest BCUT2D eigenvalue weighted by molar-refractivity contribution is 5.85. The number of carbonyl (C=O) groups excluding carboxylic acids is 1. The first kappa shape index (κ1) is 15.2. The Morgan fingerprint density at radius 3 is 2.76 bits per heavy atom. The highest BCUT2D eigenvalue weighted by Crippen LogP contribution is 2.19. The van der Waals surface area contributed by atoms with Crippen molar-refractivity contribution in [2.75, 3.05) is 21.1 Å². The van der Waals surface area contributed by atoms with Gasteiger partial charge in [0.15, 0.2) is 0 Å². The summed E-state index contributed by atoms with van der Waals surface area (Å²) in [6, 6.07) is 7.00. The van der Waals surface area contributed by atoms with Crippen molar-refractivity contribution >= 4 is 30.5 Å². The van der Waals surface area contributed by atoms with Crippen molar-refractivity contribution < 1.29 is 9.53 Å². The number of nitrogens with one attached hydrogen (secondary N) is 1. The van der Waals surface area contributed by atoms with Crippen LogP contribution in [0.25, 0.3) is 0 Å². The summed E-state index contributed by atoms with van der Waals surface area (Å²) in [5, 5.41) is 2.38. The van der Waals surface area contributed by atoms with E-state index < -0.39 is 6.09 Å². The van der Waals surface area contributed by atoms with Crippen LogP contribution < -0.4 is 10.1 Å². The fraction of sp³-hybridized carbons (Fsp3) is 0.273. The highest BCUT2D eigenvalue weighted by Gasteiger charge is 2.01. The molecule has 1 aromatic rings. The molecule has 0 atom stereocenters. The number of hydrogen-bond donors (Lipinski definition) is 1. The van der Waals surface area contributed by atoms with E-state index in [1.807, 2.05) is 25.1 Å². The smallest absolute Gasteiger partial charge is 0.410 e. The molecule has 0 bridgehead atoms. The van der Waals surface area contributed by atoms with Crippen LogP contribution in [0.3, 0.4) is 0 Å². The van der Waals surface area contributed by atoms with Crippen molar-refractivity contribution in [1.29, 1.82) is 0 Å². The van der Waals surface area contributed by atoms with Gasteiger partial charge in [-0.2, -0.15) is 0 Å². The molecule has 0 aliphatic heterocycles. The first-order valence-electron chi connectivity index (χ1n) is 4.82. The van der Waals surface area contributed by atoms with Crippen molar-refractivity contribution in [1.82, 2.24) is 10.2 Å². The van der Waals surface area contributed by atoms with Gasteiger partial charge in [0, 0.05) is 27.2 Å². The maximum absolute atomic E-state index is 11.0. The summed E-state index contributed by atoms with van der Waals surface area (Å²) in [7, 11) is 5.28. The maximum Gasteiger partial charge on any atom is 0.412 e. The second-order valence-corrected chi connectivity index (χ2v) is 3.35. The Balaban J connectivity index is 0.00000256. The zero-order valence-corrected chi connectivity index (χ0v) is 10.8. The molecule has 0 spiro atoms. The molecule has 0 heterocycles. The molecule has 17 heavy (non-hydrogen) atoms. The Morgan fingerprint density at radius 1 is 1.47 bits per heavy atom. The minimum absolute atomic E-state index is 0. The highest BCUT2D eigenvalue weighted by atomic mass is 35.5. The molecule has 6 heteroatoms. The van der Waals surface area contributed by atoms with Crippen molar-refractivity contribution in [2.45, 2.75) is 0 Å². The average Bonchev–Trinajstić information content (AvgIpc) is 2.26. The number of halogens is 1. The van der Waals surface area contributed by atoms with Gasteiger partial charge in [-0.1, -0.05) is 6.07 Å². The van der Waals surface area contributed by atoms with Crippen molar-refractivity contribution in [2.24, 2.45) is 4.99 Å². The number of carbonyl (C=O) groups is 1. The van der Waals surface area contributed by atoms with Crippen LogP contribution >= 0.6 is 12.4 Å². The van der Waals surface area contributed by atoms with Gasteiger partial charge >= 0.3 is 6.09 Å². The van der Waals surface area contributed by atoms with Crippen LogP contribution in [0.15, 0.2) is 29.3 Å². The molecule has 94 valence electrons. The molecule has 0 saturated heterocycles. The molecule has 5 nitrogen and oxygen atoms in total. The first-order chi connectivity index (χ1) is 7.61. The summed E-state index contributed by atoms with van der Waals surface area (Å²) in [5.74, 6) is 0.466. The molecule has 0 aliphatic rings. The van der Waals surface area contributed by atoms with Gasteiger partial charge in [0.05, 0.1) is 12.0 Å². The van der Waals surface area contributed by atoms with E-state index in [9.17, 15) is 4.79 Å². The van der Waals surface area contributed by atoms with E-state index in [0.29, 0.717) is 5.75 Å². The summed E-state index contributed by atoms with van der Waals surface area (Å²) < 4.78 is 4.97. The lowest BCUT2D eigenvalue weighted by Gasteiger charge is -2.05. The van der Waals surface area contributed by atoms with Crippen LogP contribution in [-0.4, -0.2) is 38.5 Å². The average molecular weight is 258 g/mol. The lowest BCUT2D eigenvalue weighted by atomic mass is 10.3. The van der Waals surface area contributed by atoms with Gasteiger partial charge in [0.1, 0.15) is 5.75 Å². The van der Waals surface area contributed by atoms with Crippen LogP contribution in [-0.2, 0) is 0 Å². The minimum atomic E-state index is -0.492. The maximum atomic E-state index is 11.0. The number of aliphatic imine (C=N–C) groups is 1.